The van der Waals surface area contributed by atoms with Gasteiger partial charge >= 0.3 is 6.18 Å². The lowest BCUT2D eigenvalue weighted by Crippen LogP contribution is -2.18. The van der Waals surface area contributed by atoms with Crippen molar-refractivity contribution in [2.45, 2.75) is 13.1 Å². The van der Waals surface area contributed by atoms with Crippen LogP contribution in [0.3, 0.4) is 0 Å². The minimum atomic E-state index is -4.63. The third kappa shape index (κ3) is 3.48. The van der Waals surface area contributed by atoms with Crippen molar-refractivity contribution < 1.29 is 23.1 Å². The summed E-state index contributed by atoms with van der Waals surface area (Å²) in [6, 6.07) is 5.77. The van der Waals surface area contributed by atoms with Crippen molar-refractivity contribution in [3.05, 3.63) is 41.2 Å². The number of allylic oxidation sites excluding steroid dienone is 1. The van der Waals surface area contributed by atoms with Crippen LogP contribution in [0.1, 0.15) is 12.5 Å². The minimum Gasteiger partial charge on any atom is -0.511 e. The summed E-state index contributed by atoms with van der Waals surface area (Å²) in [5.74, 6) is -1.66. The number of amides is 1. The number of nitriles is 1. The average Bonchev–Trinajstić information content (AvgIpc) is 2.28. The van der Waals surface area contributed by atoms with Gasteiger partial charge < -0.3 is 10.4 Å². The van der Waals surface area contributed by atoms with Gasteiger partial charge in [0.05, 0.1) is 11.3 Å². The van der Waals surface area contributed by atoms with Crippen LogP contribution in [-0.4, -0.2) is 11.0 Å². The maximum absolute atomic E-state index is 12.7. The van der Waals surface area contributed by atoms with Gasteiger partial charge in [-0.1, -0.05) is 12.1 Å². The van der Waals surface area contributed by atoms with Crippen LogP contribution in [0.25, 0.3) is 0 Å². The summed E-state index contributed by atoms with van der Waals surface area (Å²) in [4.78, 5) is 11.5. The minimum absolute atomic E-state index is 0.478. The lowest BCUT2D eigenvalue weighted by atomic mass is 10.1. The number of benzene rings is 1. The molecule has 0 aliphatic heterocycles. The van der Waals surface area contributed by atoms with Gasteiger partial charge in [0.2, 0.25) is 0 Å². The molecule has 0 aromatic heterocycles. The van der Waals surface area contributed by atoms with Gasteiger partial charge in [-0.25, -0.2) is 0 Å². The molecule has 0 aliphatic rings. The summed E-state index contributed by atoms with van der Waals surface area (Å²) in [5, 5.41) is 19.6. The molecule has 4 nitrogen and oxygen atoms in total. The van der Waals surface area contributed by atoms with E-state index >= 15 is 0 Å². The maximum Gasteiger partial charge on any atom is 0.418 e. The molecule has 1 amide bonds. The Morgan fingerprint density at radius 2 is 1.95 bits per heavy atom. The van der Waals surface area contributed by atoms with Crippen LogP contribution in [0.4, 0.5) is 18.9 Å². The van der Waals surface area contributed by atoms with Crippen LogP contribution in [-0.2, 0) is 11.0 Å². The van der Waals surface area contributed by atoms with Gasteiger partial charge in [0.25, 0.3) is 5.91 Å². The zero-order valence-electron chi connectivity index (χ0n) is 9.75. The molecule has 0 spiro atoms. The number of nitrogens with zero attached hydrogens (tertiary/aromatic N) is 1. The molecule has 1 rings (SSSR count). The summed E-state index contributed by atoms with van der Waals surface area (Å²) in [6.45, 7) is 1.09. The Labute approximate surface area is 106 Å². The molecule has 7 heteroatoms. The second-order valence-corrected chi connectivity index (χ2v) is 3.57. The van der Waals surface area contributed by atoms with Crippen molar-refractivity contribution in [3.8, 4) is 6.07 Å². The van der Waals surface area contributed by atoms with E-state index in [2.05, 4.69) is 0 Å². The van der Waals surface area contributed by atoms with E-state index in [0.717, 1.165) is 19.1 Å². The number of nitrogens with one attached hydrogen (secondary N) is 1. The van der Waals surface area contributed by atoms with Gasteiger partial charge in [0, 0.05) is 0 Å². The number of carbonyl (C=O) groups is 1. The highest BCUT2D eigenvalue weighted by Crippen LogP contribution is 2.34. The fourth-order valence-electron chi connectivity index (χ4n) is 1.32. The normalized spacial score (nSPS) is 12.4. The Kier molecular flexibility index (Phi) is 4.17. The zero-order chi connectivity index (χ0) is 14.6. The quantitative estimate of drug-likeness (QED) is 0.493. The first-order valence-electron chi connectivity index (χ1n) is 5.05. The summed E-state index contributed by atoms with van der Waals surface area (Å²) < 4.78 is 38.0. The van der Waals surface area contributed by atoms with Crippen LogP contribution in [0.15, 0.2) is 35.6 Å². The lowest BCUT2D eigenvalue weighted by molar-refractivity contribution is -0.136. The Bertz CT molecular complexity index is 567. The summed E-state index contributed by atoms with van der Waals surface area (Å²) in [7, 11) is 0. The second kappa shape index (κ2) is 5.44. The third-order valence-corrected chi connectivity index (χ3v) is 2.18. The number of carbonyl (C=O) groups excluding carboxylic acids is 1. The van der Waals surface area contributed by atoms with E-state index in [4.69, 9.17) is 10.4 Å². The number of aliphatic hydroxyl groups is 1. The molecule has 1 aromatic rings. The number of halogens is 3. The number of rotatable bonds is 2. The van der Waals surface area contributed by atoms with Gasteiger partial charge in [-0.15, -0.1) is 0 Å². The van der Waals surface area contributed by atoms with Gasteiger partial charge in [-0.2, -0.15) is 18.4 Å². The summed E-state index contributed by atoms with van der Waals surface area (Å²) in [6.07, 6.45) is -4.63. The highest BCUT2D eigenvalue weighted by molar-refractivity contribution is 6.07. The zero-order valence-corrected chi connectivity index (χ0v) is 9.75. The first-order chi connectivity index (χ1) is 8.77. The van der Waals surface area contributed by atoms with E-state index in [9.17, 15) is 18.0 Å². The lowest BCUT2D eigenvalue weighted by Gasteiger charge is -2.13. The molecule has 0 radical (unpaired) electrons. The van der Waals surface area contributed by atoms with Gasteiger partial charge in [0.15, 0.2) is 5.57 Å². The fourth-order valence-corrected chi connectivity index (χ4v) is 1.32. The number of hydrogen-bond donors (Lipinski definition) is 2. The molecular formula is C12H9F3N2O2. The highest BCUT2D eigenvalue weighted by atomic mass is 19.4. The van der Waals surface area contributed by atoms with E-state index < -0.39 is 34.7 Å². The van der Waals surface area contributed by atoms with Gasteiger partial charge in [-0.3, -0.25) is 4.79 Å². The van der Waals surface area contributed by atoms with Crippen molar-refractivity contribution in [1.29, 1.82) is 5.26 Å². The molecule has 0 unspecified atom stereocenters. The Morgan fingerprint density at radius 1 is 1.37 bits per heavy atom. The van der Waals surface area contributed by atoms with Crippen molar-refractivity contribution in [3.63, 3.8) is 0 Å². The standard InChI is InChI=1S/C12H9F3N2O2/c1-7(18)8(6-16)11(19)17-10-5-3-2-4-9(10)12(13,14)15/h2-5,18H,1H3,(H,17,19)/b8-7-. The predicted molar refractivity (Wildman–Crippen MR) is 61.0 cm³/mol. The fraction of sp³-hybridized carbons (Fsp3) is 0.167. The molecule has 100 valence electrons. The molecule has 0 saturated carbocycles. The van der Waals surface area contributed by atoms with Crippen molar-refractivity contribution in [2.75, 3.05) is 5.32 Å². The molecule has 0 saturated heterocycles. The SMILES string of the molecule is C/C(O)=C(\C#N)C(=O)Nc1ccccc1C(F)(F)F. The first kappa shape index (κ1) is 14.6. The smallest absolute Gasteiger partial charge is 0.418 e. The predicted octanol–water partition coefficient (Wildman–Crippen LogP) is 3.00. The Morgan fingerprint density at radius 3 is 2.42 bits per heavy atom. The summed E-state index contributed by atoms with van der Waals surface area (Å²) >= 11 is 0. The third-order valence-electron chi connectivity index (χ3n) is 2.18. The number of aliphatic hydroxyl groups excluding tert-OH is 1. The average molecular weight is 270 g/mol. The molecule has 2 N–H and O–H groups in total. The van der Waals surface area contributed by atoms with Crippen LogP contribution in [0.2, 0.25) is 0 Å². The van der Waals surface area contributed by atoms with Gasteiger partial charge in [-0.05, 0) is 19.1 Å². The second-order valence-electron chi connectivity index (χ2n) is 3.57. The molecule has 0 aliphatic carbocycles. The van der Waals surface area contributed by atoms with E-state index in [1.54, 1.807) is 0 Å². The first-order valence-corrected chi connectivity index (χ1v) is 5.05. The largest absolute Gasteiger partial charge is 0.511 e. The number of hydrogen-bond acceptors (Lipinski definition) is 3. The molecule has 0 fully saturated rings. The number of alkyl halides is 3. The van der Waals surface area contributed by atoms with Crippen LogP contribution < -0.4 is 5.32 Å². The van der Waals surface area contributed by atoms with Crippen LogP contribution >= 0.6 is 0 Å². The van der Waals surface area contributed by atoms with E-state index in [1.165, 1.54) is 18.2 Å². The summed E-state index contributed by atoms with van der Waals surface area (Å²) in [5.41, 5.74) is -2.15. The Hall–Kier alpha value is -2.49. The topological polar surface area (TPSA) is 73.1 Å². The van der Waals surface area contributed by atoms with Crippen LogP contribution in [0.5, 0.6) is 0 Å². The van der Waals surface area contributed by atoms with Crippen molar-refractivity contribution in [2.24, 2.45) is 0 Å². The van der Waals surface area contributed by atoms with E-state index in [1.807, 2.05) is 5.32 Å². The highest BCUT2D eigenvalue weighted by Gasteiger charge is 2.33. The molecular weight excluding hydrogens is 261 g/mol. The Balaban J connectivity index is 3.13. The molecule has 19 heavy (non-hydrogen) atoms. The molecule has 0 bridgehead atoms. The van der Waals surface area contributed by atoms with Gasteiger partial charge in [0.1, 0.15) is 11.8 Å². The maximum atomic E-state index is 12.7. The molecule has 0 atom stereocenters. The van der Waals surface area contributed by atoms with E-state index in [0.29, 0.717) is 0 Å². The monoisotopic (exact) mass is 270 g/mol. The van der Waals surface area contributed by atoms with Crippen LogP contribution in [0, 0.1) is 11.3 Å². The van der Waals surface area contributed by atoms with E-state index in [-0.39, 0.29) is 0 Å². The van der Waals surface area contributed by atoms with Crippen molar-refractivity contribution >= 4 is 11.6 Å². The molecule has 0 heterocycles. The molecule has 1 aromatic carbocycles. The number of para-hydroxylation sites is 1. The number of anilines is 1. The van der Waals surface area contributed by atoms with Crippen molar-refractivity contribution in [1.82, 2.24) is 0 Å².